The molecule has 0 aliphatic carbocycles. The van der Waals surface area contributed by atoms with Gasteiger partial charge in [-0.2, -0.15) is 0 Å². The van der Waals surface area contributed by atoms with E-state index in [0.717, 1.165) is 11.3 Å². The quantitative estimate of drug-likeness (QED) is 0.160. The lowest BCUT2D eigenvalue weighted by Gasteiger charge is -2.05. The standard InChI is InChI=1S/C9H9NO5.C9H11NO3.C9H10O3/c1-15-8-3-2-6(5-9(11)12)4-7(8)10(13)14;1-13-8-3-2-6(4-7(8)10)5-9(11)12;1-12-8-4-2-7(3-5-8)6-9(10)11/h2-4H,5H2,1H3,(H,11,12);2-4H,5,10H2,1H3,(H,11,12);2-5H,6H2,1H3,(H,10,11). The Hall–Kier alpha value is -5.33. The van der Waals surface area contributed by atoms with Gasteiger partial charge in [0.2, 0.25) is 0 Å². The van der Waals surface area contributed by atoms with Crippen molar-refractivity contribution in [2.24, 2.45) is 0 Å². The summed E-state index contributed by atoms with van der Waals surface area (Å²) in [6.45, 7) is 0. The van der Waals surface area contributed by atoms with Crippen molar-refractivity contribution < 1.29 is 48.8 Å². The Bertz CT molecular complexity index is 1310. The van der Waals surface area contributed by atoms with Gasteiger partial charge in [-0.15, -0.1) is 0 Å². The summed E-state index contributed by atoms with van der Waals surface area (Å²) in [6, 6.07) is 16.0. The molecule has 13 nitrogen and oxygen atoms in total. The molecule has 0 aliphatic rings. The van der Waals surface area contributed by atoms with Crippen LogP contribution in [0.2, 0.25) is 0 Å². The number of anilines is 1. The summed E-state index contributed by atoms with van der Waals surface area (Å²) in [4.78, 5) is 41.0. The Morgan fingerprint density at radius 1 is 0.700 bits per heavy atom. The number of aliphatic carboxylic acids is 3. The molecular weight excluding hydrogens is 528 g/mol. The number of benzene rings is 3. The Kier molecular flexibility index (Phi) is 13.5. The normalized spacial score (nSPS) is 9.57. The van der Waals surface area contributed by atoms with Gasteiger partial charge in [0.15, 0.2) is 5.75 Å². The van der Waals surface area contributed by atoms with Gasteiger partial charge in [0.05, 0.1) is 51.2 Å². The van der Waals surface area contributed by atoms with Crippen LogP contribution >= 0.6 is 0 Å². The number of nitro groups is 1. The topological polar surface area (TPSA) is 209 Å². The number of carbonyl (C=O) groups is 3. The lowest BCUT2D eigenvalue weighted by molar-refractivity contribution is -0.385. The molecule has 214 valence electrons. The van der Waals surface area contributed by atoms with Gasteiger partial charge < -0.3 is 35.3 Å². The minimum absolute atomic E-state index is 0.0196. The van der Waals surface area contributed by atoms with Crippen LogP contribution in [0.1, 0.15) is 16.7 Å². The molecule has 0 aromatic heterocycles. The number of hydrogen-bond acceptors (Lipinski definition) is 9. The van der Waals surface area contributed by atoms with E-state index in [1.54, 1.807) is 49.6 Å². The summed E-state index contributed by atoms with van der Waals surface area (Å²) in [7, 11) is 4.41. The second kappa shape index (κ2) is 16.5. The van der Waals surface area contributed by atoms with Crippen molar-refractivity contribution >= 4 is 29.3 Å². The highest BCUT2D eigenvalue weighted by Crippen LogP contribution is 2.27. The molecule has 0 atom stereocenters. The molecule has 3 rings (SSSR count). The summed E-state index contributed by atoms with van der Waals surface area (Å²) in [5, 5.41) is 36.1. The molecule has 0 radical (unpaired) electrons. The molecule has 0 spiro atoms. The molecule has 13 heteroatoms. The molecular formula is C27H30N2O11. The summed E-state index contributed by atoms with van der Waals surface area (Å²) < 4.78 is 14.6. The van der Waals surface area contributed by atoms with E-state index in [0.29, 0.717) is 22.6 Å². The van der Waals surface area contributed by atoms with E-state index in [2.05, 4.69) is 0 Å². The molecule has 0 saturated carbocycles. The first kappa shape index (κ1) is 32.7. The maximum atomic E-state index is 10.6. The summed E-state index contributed by atoms with van der Waals surface area (Å²) >= 11 is 0. The number of nitrogen functional groups attached to an aromatic ring is 1. The molecule has 0 unspecified atom stereocenters. The van der Waals surface area contributed by atoms with E-state index in [9.17, 15) is 24.5 Å². The van der Waals surface area contributed by atoms with Gasteiger partial charge in [-0.1, -0.05) is 24.3 Å². The molecule has 5 N–H and O–H groups in total. The van der Waals surface area contributed by atoms with Crippen molar-refractivity contribution in [3.63, 3.8) is 0 Å². The lowest BCUT2D eigenvalue weighted by Crippen LogP contribution is -2.01. The summed E-state index contributed by atoms with van der Waals surface area (Å²) in [5.74, 6) is -1.30. The van der Waals surface area contributed by atoms with Gasteiger partial charge in [0.1, 0.15) is 11.5 Å². The van der Waals surface area contributed by atoms with E-state index < -0.39 is 22.8 Å². The van der Waals surface area contributed by atoms with Crippen LogP contribution in [0.15, 0.2) is 60.7 Å². The smallest absolute Gasteiger partial charge is 0.311 e. The van der Waals surface area contributed by atoms with Crippen LogP contribution in [0, 0.1) is 10.1 Å². The summed E-state index contributed by atoms with van der Waals surface area (Å²) in [5.41, 5.74) is 7.65. The number of carboxylic acid groups (broad SMARTS) is 3. The number of nitrogens with zero attached hydrogens (tertiary/aromatic N) is 1. The van der Waals surface area contributed by atoms with Crippen molar-refractivity contribution in [2.75, 3.05) is 27.1 Å². The monoisotopic (exact) mass is 558 g/mol. The van der Waals surface area contributed by atoms with Gasteiger partial charge in [0.25, 0.3) is 0 Å². The zero-order chi connectivity index (χ0) is 30.2. The van der Waals surface area contributed by atoms with Crippen molar-refractivity contribution in [2.45, 2.75) is 19.3 Å². The van der Waals surface area contributed by atoms with Crippen LogP contribution in [0.4, 0.5) is 11.4 Å². The molecule has 0 fully saturated rings. The Labute approximate surface area is 229 Å². The molecule has 0 aliphatic heterocycles. The molecule has 0 heterocycles. The van der Waals surface area contributed by atoms with Crippen molar-refractivity contribution in [1.29, 1.82) is 0 Å². The molecule has 3 aromatic rings. The van der Waals surface area contributed by atoms with Crippen LogP contribution in [-0.2, 0) is 33.6 Å². The van der Waals surface area contributed by atoms with E-state index in [4.69, 9.17) is 35.3 Å². The fourth-order valence-electron chi connectivity index (χ4n) is 3.15. The fourth-order valence-corrected chi connectivity index (χ4v) is 3.15. The van der Waals surface area contributed by atoms with Crippen molar-refractivity contribution in [1.82, 2.24) is 0 Å². The SMILES string of the molecule is COc1ccc(CC(=O)O)cc1.COc1ccc(CC(=O)O)cc1N.COc1ccc(CC(=O)O)cc1[N+](=O)[O-]. The number of methoxy groups -OCH3 is 3. The first-order chi connectivity index (χ1) is 18.9. The molecule has 3 aromatic carbocycles. The first-order valence-electron chi connectivity index (χ1n) is 11.4. The Morgan fingerprint density at radius 2 is 1.12 bits per heavy atom. The predicted octanol–water partition coefficient (Wildman–Crippen LogP) is 3.46. The third-order valence-corrected chi connectivity index (χ3v) is 4.96. The van der Waals surface area contributed by atoms with E-state index in [1.807, 2.05) is 0 Å². The third kappa shape index (κ3) is 11.8. The van der Waals surface area contributed by atoms with Gasteiger partial charge >= 0.3 is 23.6 Å². The largest absolute Gasteiger partial charge is 0.497 e. The van der Waals surface area contributed by atoms with E-state index in [1.165, 1.54) is 32.4 Å². The van der Waals surface area contributed by atoms with Gasteiger partial charge in [-0.05, 0) is 47.0 Å². The zero-order valence-corrected chi connectivity index (χ0v) is 22.0. The van der Waals surface area contributed by atoms with Crippen LogP contribution in [0.25, 0.3) is 0 Å². The summed E-state index contributed by atoms with van der Waals surface area (Å²) in [6.07, 6.45) is -0.205. The molecule has 40 heavy (non-hydrogen) atoms. The third-order valence-electron chi connectivity index (χ3n) is 4.96. The van der Waals surface area contributed by atoms with Crippen molar-refractivity contribution in [3.8, 4) is 17.2 Å². The number of carboxylic acids is 3. The second-order valence-electron chi connectivity index (χ2n) is 7.90. The lowest BCUT2D eigenvalue weighted by atomic mass is 10.1. The maximum Gasteiger partial charge on any atom is 0.311 e. The van der Waals surface area contributed by atoms with Crippen molar-refractivity contribution in [3.05, 3.63) is 87.5 Å². The van der Waals surface area contributed by atoms with Gasteiger partial charge in [-0.25, -0.2) is 0 Å². The average molecular weight is 559 g/mol. The van der Waals surface area contributed by atoms with Crippen LogP contribution in [0.3, 0.4) is 0 Å². The molecule has 0 amide bonds. The fraction of sp³-hybridized carbons (Fsp3) is 0.222. The number of hydrogen-bond donors (Lipinski definition) is 4. The van der Waals surface area contributed by atoms with Gasteiger partial charge in [0, 0.05) is 6.07 Å². The van der Waals surface area contributed by atoms with E-state index in [-0.39, 0.29) is 30.7 Å². The molecule has 0 saturated heterocycles. The predicted molar refractivity (Wildman–Crippen MR) is 144 cm³/mol. The highest BCUT2D eigenvalue weighted by atomic mass is 16.6. The van der Waals surface area contributed by atoms with Crippen LogP contribution < -0.4 is 19.9 Å². The van der Waals surface area contributed by atoms with Gasteiger partial charge in [-0.3, -0.25) is 24.5 Å². The van der Waals surface area contributed by atoms with Crippen LogP contribution in [0.5, 0.6) is 17.2 Å². The van der Waals surface area contributed by atoms with Crippen LogP contribution in [-0.4, -0.2) is 59.5 Å². The average Bonchev–Trinajstić information content (AvgIpc) is 2.89. The number of nitro benzene ring substituents is 1. The Balaban J connectivity index is 0.000000302. The number of rotatable bonds is 10. The second-order valence-corrected chi connectivity index (χ2v) is 7.90. The van der Waals surface area contributed by atoms with E-state index >= 15 is 0 Å². The highest BCUT2D eigenvalue weighted by Gasteiger charge is 2.15. The highest BCUT2D eigenvalue weighted by molar-refractivity contribution is 5.72. The number of ether oxygens (including phenoxy) is 3. The Morgan fingerprint density at radius 3 is 1.52 bits per heavy atom. The minimum atomic E-state index is -1.03. The molecule has 0 bridgehead atoms. The zero-order valence-electron chi connectivity index (χ0n) is 22.0. The maximum absolute atomic E-state index is 10.6. The minimum Gasteiger partial charge on any atom is -0.497 e. The first-order valence-corrected chi connectivity index (χ1v) is 11.4. The number of nitrogens with two attached hydrogens (primary N) is 1.